The SMILES string of the molecule is CC(=O)c1cccc(NC(=O)COC(=O)c2cccn2C)c1. The van der Waals surface area contributed by atoms with Crippen LogP contribution in [0.2, 0.25) is 0 Å². The summed E-state index contributed by atoms with van der Waals surface area (Å²) in [5.41, 5.74) is 1.34. The van der Waals surface area contributed by atoms with Gasteiger partial charge in [-0.3, -0.25) is 9.59 Å². The lowest BCUT2D eigenvalue weighted by atomic mass is 10.1. The van der Waals surface area contributed by atoms with Crippen molar-refractivity contribution >= 4 is 23.3 Å². The topological polar surface area (TPSA) is 77.4 Å². The number of aromatic nitrogens is 1. The minimum absolute atomic E-state index is 0.0914. The number of Topliss-reactive ketones (excluding diaryl/α,β-unsaturated/α-hetero) is 1. The van der Waals surface area contributed by atoms with E-state index in [1.54, 1.807) is 54.2 Å². The van der Waals surface area contributed by atoms with E-state index in [1.807, 2.05) is 0 Å². The summed E-state index contributed by atoms with van der Waals surface area (Å²) in [6.45, 7) is 1.05. The second-order valence-corrected chi connectivity index (χ2v) is 4.77. The molecule has 6 nitrogen and oxygen atoms in total. The summed E-state index contributed by atoms with van der Waals surface area (Å²) < 4.78 is 6.55. The van der Waals surface area contributed by atoms with Crippen molar-refractivity contribution in [2.75, 3.05) is 11.9 Å². The molecule has 0 radical (unpaired) electrons. The van der Waals surface area contributed by atoms with Gasteiger partial charge < -0.3 is 14.6 Å². The number of benzene rings is 1. The first-order chi connectivity index (χ1) is 10.5. The van der Waals surface area contributed by atoms with Gasteiger partial charge in [0.1, 0.15) is 5.69 Å². The number of esters is 1. The van der Waals surface area contributed by atoms with Crippen LogP contribution in [0.25, 0.3) is 0 Å². The molecule has 6 heteroatoms. The highest BCUT2D eigenvalue weighted by molar-refractivity contribution is 5.98. The summed E-state index contributed by atoms with van der Waals surface area (Å²) >= 11 is 0. The summed E-state index contributed by atoms with van der Waals surface area (Å²) in [6, 6.07) is 9.87. The predicted molar refractivity (Wildman–Crippen MR) is 80.8 cm³/mol. The van der Waals surface area contributed by atoms with Crippen molar-refractivity contribution in [3.63, 3.8) is 0 Å². The first kappa shape index (κ1) is 15.5. The Hall–Kier alpha value is -2.89. The van der Waals surface area contributed by atoms with Gasteiger partial charge in [0.05, 0.1) is 0 Å². The van der Waals surface area contributed by atoms with Crippen LogP contribution >= 0.6 is 0 Å². The molecule has 0 aliphatic heterocycles. The molecule has 0 unspecified atom stereocenters. The Morgan fingerprint density at radius 3 is 2.59 bits per heavy atom. The summed E-state index contributed by atoms with van der Waals surface area (Å²) in [4.78, 5) is 34.8. The molecule has 0 fully saturated rings. The Balaban J connectivity index is 1.91. The Morgan fingerprint density at radius 1 is 1.18 bits per heavy atom. The highest BCUT2D eigenvalue weighted by atomic mass is 16.5. The molecule has 0 aliphatic rings. The number of amides is 1. The number of anilines is 1. The fourth-order valence-electron chi connectivity index (χ4n) is 1.89. The van der Waals surface area contributed by atoms with Gasteiger partial charge in [0.2, 0.25) is 0 Å². The van der Waals surface area contributed by atoms with Crippen molar-refractivity contribution in [1.82, 2.24) is 4.57 Å². The van der Waals surface area contributed by atoms with E-state index in [2.05, 4.69) is 5.32 Å². The molecule has 0 saturated heterocycles. The van der Waals surface area contributed by atoms with Gasteiger partial charge in [0.15, 0.2) is 12.4 Å². The second-order valence-electron chi connectivity index (χ2n) is 4.77. The van der Waals surface area contributed by atoms with Gasteiger partial charge in [-0.25, -0.2) is 4.79 Å². The third-order valence-electron chi connectivity index (χ3n) is 3.04. The lowest BCUT2D eigenvalue weighted by molar-refractivity contribution is -0.119. The largest absolute Gasteiger partial charge is 0.451 e. The number of nitrogens with one attached hydrogen (secondary N) is 1. The quantitative estimate of drug-likeness (QED) is 0.677. The van der Waals surface area contributed by atoms with E-state index >= 15 is 0 Å². The van der Waals surface area contributed by atoms with Crippen molar-refractivity contribution < 1.29 is 19.1 Å². The molecule has 1 aromatic carbocycles. The molecule has 1 N–H and O–H groups in total. The number of ether oxygens (including phenoxy) is 1. The number of rotatable bonds is 5. The van der Waals surface area contributed by atoms with Crippen molar-refractivity contribution in [2.45, 2.75) is 6.92 Å². The van der Waals surface area contributed by atoms with Crippen LogP contribution in [-0.2, 0) is 16.6 Å². The summed E-state index contributed by atoms with van der Waals surface area (Å²) in [5, 5.41) is 2.58. The fraction of sp³-hybridized carbons (Fsp3) is 0.188. The average molecular weight is 300 g/mol. The molecular formula is C16H16N2O4. The molecule has 0 aliphatic carbocycles. The summed E-state index contributed by atoms with van der Waals surface area (Å²) in [5.74, 6) is -1.13. The number of carbonyl (C=O) groups is 3. The van der Waals surface area contributed by atoms with Crippen molar-refractivity contribution in [3.05, 3.63) is 53.9 Å². The minimum atomic E-state index is -0.569. The number of ketones is 1. The maximum atomic E-state index is 11.8. The van der Waals surface area contributed by atoms with Gasteiger partial charge in [-0.2, -0.15) is 0 Å². The molecule has 0 spiro atoms. The number of nitrogens with zero attached hydrogens (tertiary/aromatic N) is 1. The van der Waals surface area contributed by atoms with E-state index in [0.29, 0.717) is 16.9 Å². The zero-order valence-corrected chi connectivity index (χ0v) is 12.3. The zero-order valence-electron chi connectivity index (χ0n) is 12.3. The third kappa shape index (κ3) is 3.82. The minimum Gasteiger partial charge on any atom is -0.451 e. The van der Waals surface area contributed by atoms with Crippen LogP contribution in [0.5, 0.6) is 0 Å². The van der Waals surface area contributed by atoms with Gasteiger partial charge >= 0.3 is 5.97 Å². The highest BCUT2D eigenvalue weighted by Crippen LogP contribution is 2.11. The Labute approximate surface area is 127 Å². The number of carbonyl (C=O) groups excluding carboxylic acids is 3. The molecule has 0 atom stereocenters. The van der Waals surface area contributed by atoms with Crippen molar-refractivity contribution in [1.29, 1.82) is 0 Å². The lowest BCUT2D eigenvalue weighted by Crippen LogP contribution is -2.21. The van der Waals surface area contributed by atoms with Crippen molar-refractivity contribution in [2.24, 2.45) is 7.05 Å². The molecule has 0 saturated carbocycles. The number of aryl methyl sites for hydroxylation is 1. The molecule has 114 valence electrons. The molecular weight excluding hydrogens is 284 g/mol. The van der Waals surface area contributed by atoms with E-state index in [4.69, 9.17) is 4.74 Å². The molecule has 1 amide bonds. The van der Waals surface area contributed by atoms with Gasteiger partial charge in [-0.05, 0) is 31.2 Å². The molecule has 0 bridgehead atoms. The van der Waals surface area contributed by atoms with E-state index < -0.39 is 18.5 Å². The van der Waals surface area contributed by atoms with Gasteiger partial charge in [0, 0.05) is 24.5 Å². The summed E-state index contributed by atoms with van der Waals surface area (Å²) in [7, 11) is 1.71. The Kier molecular flexibility index (Phi) is 4.73. The van der Waals surface area contributed by atoms with Crippen LogP contribution in [-0.4, -0.2) is 28.8 Å². The first-order valence-electron chi connectivity index (χ1n) is 6.66. The number of hydrogen-bond acceptors (Lipinski definition) is 4. The monoisotopic (exact) mass is 300 g/mol. The first-order valence-corrected chi connectivity index (χ1v) is 6.66. The van der Waals surface area contributed by atoms with E-state index in [0.717, 1.165) is 0 Å². The van der Waals surface area contributed by atoms with Crippen LogP contribution in [0, 0.1) is 0 Å². The van der Waals surface area contributed by atoms with E-state index in [1.165, 1.54) is 6.92 Å². The molecule has 2 rings (SSSR count). The molecule has 2 aromatic rings. The average Bonchev–Trinajstić information content (AvgIpc) is 2.91. The normalized spacial score (nSPS) is 10.1. The highest BCUT2D eigenvalue weighted by Gasteiger charge is 2.13. The molecule has 22 heavy (non-hydrogen) atoms. The van der Waals surface area contributed by atoms with Gasteiger partial charge in [-0.15, -0.1) is 0 Å². The van der Waals surface area contributed by atoms with Gasteiger partial charge in [0.25, 0.3) is 5.91 Å². The number of hydrogen-bond donors (Lipinski definition) is 1. The van der Waals surface area contributed by atoms with Crippen molar-refractivity contribution in [3.8, 4) is 0 Å². The predicted octanol–water partition coefficient (Wildman–Crippen LogP) is 2.02. The Bertz CT molecular complexity index is 718. The van der Waals surface area contributed by atoms with Crippen LogP contribution < -0.4 is 5.32 Å². The van der Waals surface area contributed by atoms with E-state index in [-0.39, 0.29) is 5.78 Å². The van der Waals surface area contributed by atoms with E-state index in [9.17, 15) is 14.4 Å². The smallest absolute Gasteiger partial charge is 0.355 e. The second kappa shape index (κ2) is 6.71. The van der Waals surface area contributed by atoms with Gasteiger partial charge in [-0.1, -0.05) is 12.1 Å². The van der Waals surface area contributed by atoms with Crippen LogP contribution in [0.15, 0.2) is 42.6 Å². The zero-order chi connectivity index (χ0) is 16.1. The van der Waals surface area contributed by atoms with Crippen LogP contribution in [0.4, 0.5) is 5.69 Å². The van der Waals surface area contributed by atoms with Crippen LogP contribution in [0.3, 0.4) is 0 Å². The third-order valence-corrected chi connectivity index (χ3v) is 3.04. The Morgan fingerprint density at radius 2 is 1.95 bits per heavy atom. The summed E-state index contributed by atoms with van der Waals surface area (Å²) in [6.07, 6.45) is 1.71. The molecule has 1 aromatic heterocycles. The fourth-order valence-corrected chi connectivity index (χ4v) is 1.89. The standard InChI is InChI=1S/C16H16N2O4/c1-11(19)12-5-3-6-13(9-12)17-15(20)10-22-16(21)14-7-4-8-18(14)2/h3-9H,10H2,1-2H3,(H,17,20). The van der Waals surface area contributed by atoms with Crippen LogP contribution in [0.1, 0.15) is 27.8 Å². The maximum Gasteiger partial charge on any atom is 0.355 e. The molecule has 1 heterocycles. The maximum absolute atomic E-state index is 11.8. The lowest BCUT2D eigenvalue weighted by Gasteiger charge is -2.08.